The maximum atomic E-state index is 12.0. The van der Waals surface area contributed by atoms with E-state index in [9.17, 15) is 4.79 Å². The zero-order valence-corrected chi connectivity index (χ0v) is 16.0. The Hall–Kier alpha value is -2.49. The van der Waals surface area contributed by atoms with Gasteiger partial charge in [0, 0.05) is 16.5 Å². The van der Waals surface area contributed by atoms with E-state index in [2.05, 4.69) is 0 Å². The van der Waals surface area contributed by atoms with Crippen LogP contribution in [0.2, 0.25) is 10.0 Å². The van der Waals surface area contributed by atoms with Crippen molar-refractivity contribution in [1.82, 2.24) is 0 Å². The molecular formula is C22H18Cl2O3. The molecule has 0 saturated carbocycles. The van der Waals surface area contributed by atoms with Gasteiger partial charge in [0.05, 0.1) is 0 Å². The summed E-state index contributed by atoms with van der Waals surface area (Å²) in [6.07, 6.45) is 0.593. The van der Waals surface area contributed by atoms with Crippen molar-refractivity contribution in [1.29, 1.82) is 0 Å². The fourth-order valence-corrected chi connectivity index (χ4v) is 3.02. The summed E-state index contributed by atoms with van der Waals surface area (Å²) < 4.78 is 10.9. The average Bonchev–Trinajstić information content (AvgIpc) is 2.66. The number of esters is 1. The Balaban J connectivity index is 1.61. The SMILES string of the molecule is O=C(COc1ccc(Cl)cc1Cc1cccc(Cl)c1)OCc1ccccc1. The molecule has 3 aromatic rings. The van der Waals surface area contributed by atoms with E-state index < -0.39 is 5.97 Å². The summed E-state index contributed by atoms with van der Waals surface area (Å²) in [4.78, 5) is 12.0. The number of carbonyl (C=O) groups is 1. The second-order valence-corrected chi connectivity index (χ2v) is 6.87. The first-order valence-electron chi connectivity index (χ1n) is 8.45. The monoisotopic (exact) mass is 400 g/mol. The summed E-state index contributed by atoms with van der Waals surface area (Å²) in [5.74, 6) is 0.165. The second-order valence-electron chi connectivity index (χ2n) is 5.99. The van der Waals surface area contributed by atoms with Gasteiger partial charge in [-0.05, 0) is 47.0 Å². The highest BCUT2D eigenvalue weighted by Crippen LogP contribution is 2.26. The van der Waals surface area contributed by atoms with Crippen LogP contribution < -0.4 is 4.74 Å². The number of carbonyl (C=O) groups excluding carboxylic acids is 1. The number of ether oxygens (including phenoxy) is 2. The zero-order chi connectivity index (χ0) is 19.1. The minimum atomic E-state index is -0.428. The maximum absolute atomic E-state index is 12.0. The van der Waals surface area contributed by atoms with Gasteiger partial charge in [0.15, 0.2) is 6.61 Å². The van der Waals surface area contributed by atoms with Crippen LogP contribution in [0.4, 0.5) is 0 Å². The number of hydrogen-bond acceptors (Lipinski definition) is 3. The van der Waals surface area contributed by atoms with E-state index in [1.807, 2.05) is 60.7 Å². The Bertz CT molecular complexity index is 910. The van der Waals surface area contributed by atoms with Crippen molar-refractivity contribution in [2.45, 2.75) is 13.0 Å². The van der Waals surface area contributed by atoms with Crippen LogP contribution in [0.25, 0.3) is 0 Å². The normalized spacial score (nSPS) is 10.4. The summed E-state index contributed by atoms with van der Waals surface area (Å²) in [6.45, 7) is 0.0516. The molecule has 3 rings (SSSR count). The highest BCUT2D eigenvalue weighted by atomic mass is 35.5. The lowest BCUT2D eigenvalue weighted by molar-refractivity contribution is -0.147. The van der Waals surface area contributed by atoms with Crippen molar-refractivity contribution in [3.8, 4) is 5.75 Å². The quantitative estimate of drug-likeness (QED) is 0.476. The van der Waals surface area contributed by atoms with Gasteiger partial charge in [-0.1, -0.05) is 65.7 Å². The lowest BCUT2D eigenvalue weighted by Gasteiger charge is -2.12. The first-order valence-corrected chi connectivity index (χ1v) is 9.21. The zero-order valence-electron chi connectivity index (χ0n) is 14.5. The highest BCUT2D eigenvalue weighted by Gasteiger charge is 2.10. The predicted octanol–water partition coefficient (Wildman–Crippen LogP) is 5.71. The van der Waals surface area contributed by atoms with Gasteiger partial charge in [0.2, 0.25) is 0 Å². The molecular weight excluding hydrogens is 383 g/mol. The van der Waals surface area contributed by atoms with E-state index in [4.69, 9.17) is 32.7 Å². The van der Waals surface area contributed by atoms with E-state index in [-0.39, 0.29) is 13.2 Å². The van der Waals surface area contributed by atoms with Crippen molar-refractivity contribution < 1.29 is 14.3 Å². The summed E-state index contributed by atoms with van der Waals surface area (Å²) >= 11 is 12.2. The Morgan fingerprint density at radius 3 is 2.33 bits per heavy atom. The number of benzene rings is 3. The Labute approximate surface area is 168 Å². The average molecular weight is 401 g/mol. The third-order valence-corrected chi connectivity index (χ3v) is 4.36. The molecule has 0 atom stereocenters. The molecule has 3 aromatic carbocycles. The molecule has 5 heteroatoms. The summed E-state index contributed by atoms with van der Waals surface area (Å²) in [5, 5.41) is 1.27. The van der Waals surface area contributed by atoms with Crippen molar-refractivity contribution in [2.24, 2.45) is 0 Å². The summed E-state index contributed by atoms with van der Waals surface area (Å²) in [7, 11) is 0. The molecule has 0 saturated heterocycles. The van der Waals surface area contributed by atoms with Crippen LogP contribution in [-0.2, 0) is 22.6 Å². The van der Waals surface area contributed by atoms with E-state index in [1.165, 1.54) is 0 Å². The molecule has 0 unspecified atom stereocenters. The molecule has 27 heavy (non-hydrogen) atoms. The van der Waals surface area contributed by atoms with Gasteiger partial charge >= 0.3 is 5.97 Å². The predicted molar refractivity (Wildman–Crippen MR) is 107 cm³/mol. The summed E-state index contributed by atoms with van der Waals surface area (Å²) in [5.41, 5.74) is 2.83. The lowest BCUT2D eigenvalue weighted by Crippen LogP contribution is -2.15. The molecule has 0 aliphatic rings. The lowest BCUT2D eigenvalue weighted by atomic mass is 10.0. The molecule has 3 nitrogen and oxygen atoms in total. The topological polar surface area (TPSA) is 35.5 Å². The van der Waals surface area contributed by atoms with Gasteiger partial charge in [-0.15, -0.1) is 0 Å². The third kappa shape index (κ3) is 6.02. The molecule has 0 aromatic heterocycles. The Morgan fingerprint density at radius 1 is 0.815 bits per heavy atom. The van der Waals surface area contributed by atoms with Crippen LogP contribution in [0.3, 0.4) is 0 Å². The van der Waals surface area contributed by atoms with E-state index in [0.717, 1.165) is 16.7 Å². The summed E-state index contributed by atoms with van der Waals surface area (Å²) in [6, 6.07) is 22.4. The van der Waals surface area contributed by atoms with Crippen molar-refractivity contribution >= 4 is 29.2 Å². The van der Waals surface area contributed by atoms with E-state index in [1.54, 1.807) is 12.1 Å². The molecule has 138 valence electrons. The van der Waals surface area contributed by atoms with Crippen LogP contribution >= 0.6 is 23.2 Å². The van der Waals surface area contributed by atoms with Gasteiger partial charge in [0.25, 0.3) is 0 Å². The first-order chi connectivity index (χ1) is 13.1. The molecule has 0 fully saturated rings. The van der Waals surface area contributed by atoms with E-state index >= 15 is 0 Å². The largest absolute Gasteiger partial charge is 0.482 e. The molecule has 0 radical (unpaired) electrons. The second kappa shape index (κ2) is 9.45. The standard InChI is InChI=1S/C22H18Cl2O3/c23-19-8-4-7-17(12-19)11-18-13-20(24)9-10-21(18)26-15-22(25)27-14-16-5-2-1-3-6-16/h1-10,12-13H,11,14-15H2. The molecule has 0 bridgehead atoms. The molecule has 0 heterocycles. The fourth-order valence-electron chi connectivity index (χ4n) is 2.61. The van der Waals surface area contributed by atoms with Crippen LogP contribution in [0, 0.1) is 0 Å². The van der Waals surface area contributed by atoms with Gasteiger partial charge in [-0.3, -0.25) is 0 Å². The van der Waals surface area contributed by atoms with Crippen LogP contribution in [0.5, 0.6) is 5.75 Å². The Morgan fingerprint density at radius 2 is 1.56 bits per heavy atom. The van der Waals surface area contributed by atoms with Gasteiger partial charge in [-0.2, -0.15) is 0 Å². The molecule has 0 aliphatic carbocycles. The van der Waals surface area contributed by atoms with Crippen LogP contribution in [0.15, 0.2) is 72.8 Å². The van der Waals surface area contributed by atoms with Gasteiger partial charge in [-0.25, -0.2) is 4.79 Å². The maximum Gasteiger partial charge on any atom is 0.344 e. The third-order valence-electron chi connectivity index (χ3n) is 3.89. The minimum Gasteiger partial charge on any atom is -0.482 e. The van der Waals surface area contributed by atoms with Gasteiger partial charge in [0.1, 0.15) is 12.4 Å². The van der Waals surface area contributed by atoms with Crippen LogP contribution in [-0.4, -0.2) is 12.6 Å². The van der Waals surface area contributed by atoms with Crippen molar-refractivity contribution in [2.75, 3.05) is 6.61 Å². The molecule has 0 aliphatic heterocycles. The van der Waals surface area contributed by atoms with Crippen molar-refractivity contribution in [3.05, 3.63) is 99.5 Å². The molecule has 0 spiro atoms. The number of hydrogen-bond donors (Lipinski definition) is 0. The smallest absolute Gasteiger partial charge is 0.344 e. The fraction of sp³-hybridized carbons (Fsp3) is 0.136. The Kier molecular flexibility index (Phi) is 6.74. The van der Waals surface area contributed by atoms with Crippen molar-refractivity contribution in [3.63, 3.8) is 0 Å². The highest BCUT2D eigenvalue weighted by molar-refractivity contribution is 6.31. The first kappa shape index (κ1) is 19.3. The minimum absolute atomic E-state index is 0.170. The number of halogens is 2. The molecule has 0 N–H and O–H groups in total. The van der Waals surface area contributed by atoms with E-state index in [0.29, 0.717) is 22.2 Å². The number of rotatable bonds is 7. The van der Waals surface area contributed by atoms with Crippen LogP contribution in [0.1, 0.15) is 16.7 Å². The molecule has 0 amide bonds. The van der Waals surface area contributed by atoms with Gasteiger partial charge < -0.3 is 9.47 Å².